The summed E-state index contributed by atoms with van der Waals surface area (Å²) < 4.78 is 27.9. The SMILES string of the molecule is Cc1cc(F)ccc1-c1c(CF)n(C)cc(C(N)=O)c1=O. The molecule has 2 N–H and O–H groups in total. The van der Waals surface area contributed by atoms with Crippen LogP contribution in [0.3, 0.4) is 0 Å². The molecule has 1 aromatic carbocycles. The van der Waals surface area contributed by atoms with Crippen LogP contribution in [-0.4, -0.2) is 10.5 Å². The van der Waals surface area contributed by atoms with Gasteiger partial charge in [-0.05, 0) is 30.2 Å². The summed E-state index contributed by atoms with van der Waals surface area (Å²) in [6.07, 6.45) is 1.21. The molecule has 0 aliphatic carbocycles. The quantitative estimate of drug-likeness (QED) is 0.941. The standard InChI is InChI=1S/C15H14F2N2O2/c1-8-5-9(17)3-4-10(8)13-12(6-16)19(2)7-11(14(13)20)15(18)21/h3-5,7H,6H2,1-2H3,(H2,18,21). The monoisotopic (exact) mass is 292 g/mol. The maximum atomic E-state index is 13.3. The van der Waals surface area contributed by atoms with Crippen molar-refractivity contribution in [2.45, 2.75) is 13.6 Å². The van der Waals surface area contributed by atoms with Gasteiger partial charge in [0.2, 0.25) is 5.43 Å². The first-order valence-corrected chi connectivity index (χ1v) is 6.21. The van der Waals surface area contributed by atoms with Crippen LogP contribution in [0.25, 0.3) is 11.1 Å². The lowest BCUT2D eigenvalue weighted by Gasteiger charge is -2.15. The van der Waals surface area contributed by atoms with Crippen molar-refractivity contribution in [1.82, 2.24) is 4.57 Å². The highest BCUT2D eigenvalue weighted by molar-refractivity contribution is 5.94. The maximum Gasteiger partial charge on any atom is 0.254 e. The highest BCUT2D eigenvalue weighted by Crippen LogP contribution is 2.25. The Bertz CT molecular complexity index is 782. The number of nitrogens with zero attached hydrogens (tertiary/aromatic N) is 1. The van der Waals surface area contributed by atoms with Crippen LogP contribution < -0.4 is 11.2 Å². The van der Waals surface area contributed by atoms with Crippen LogP contribution in [0.5, 0.6) is 0 Å². The summed E-state index contributed by atoms with van der Waals surface area (Å²) in [6.45, 7) is 0.716. The summed E-state index contributed by atoms with van der Waals surface area (Å²) in [5.41, 5.74) is 5.30. The molecule has 6 heteroatoms. The molecule has 0 saturated carbocycles. The molecule has 1 heterocycles. The molecule has 0 radical (unpaired) electrons. The Balaban J connectivity index is 2.89. The number of pyridine rings is 1. The number of rotatable bonds is 3. The summed E-state index contributed by atoms with van der Waals surface area (Å²) in [6, 6.07) is 3.82. The third-order valence-electron chi connectivity index (χ3n) is 3.36. The number of primary amides is 1. The molecule has 0 aliphatic heterocycles. The van der Waals surface area contributed by atoms with Crippen molar-refractivity contribution in [2.75, 3.05) is 0 Å². The zero-order valence-electron chi connectivity index (χ0n) is 11.6. The minimum absolute atomic E-state index is 0.0359. The van der Waals surface area contributed by atoms with Crippen molar-refractivity contribution in [2.24, 2.45) is 12.8 Å². The Morgan fingerprint density at radius 2 is 2.05 bits per heavy atom. The van der Waals surface area contributed by atoms with Crippen LogP contribution in [0.2, 0.25) is 0 Å². The Morgan fingerprint density at radius 3 is 2.57 bits per heavy atom. The van der Waals surface area contributed by atoms with Crippen LogP contribution >= 0.6 is 0 Å². The highest BCUT2D eigenvalue weighted by atomic mass is 19.1. The lowest BCUT2D eigenvalue weighted by atomic mass is 9.97. The third-order valence-corrected chi connectivity index (χ3v) is 3.36. The second-order valence-corrected chi connectivity index (χ2v) is 4.76. The summed E-state index contributed by atoms with van der Waals surface area (Å²) >= 11 is 0. The van der Waals surface area contributed by atoms with E-state index in [1.807, 2.05) is 0 Å². The summed E-state index contributed by atoms with van der Waals surface area (Å²) in [5.74, 6) is -1.34. The number of benzene rings is 1. The van der Waals surface area contributed by atoms with Gasteiger partial charge < -0.3 is 10.3 Å². The van der Waals surface area contributed by atoms with Crippen LogP contribution in [0.15, 0.2) is 29.2 Å². The van der Waals surface area contributed by atoms with Crippen LogP contribution in [0.1, 0.15) is 21.6 Å². The number of halogens is 2. The first kappa shape index (κ1) is 14.9. The highest BCUT2D eigenvalue weighted by Gasteiger charge is 2.19. The number of hydrogen-bond donors (Lipinski definition) is 1. The summed E-state index contributed by atoms with van der Waals surface area (Å²) in [4.78, 5) is 23.8. The number of hydrogen-bond acceptors (Lipinski definition) is 2. The number of alkyl halides is 1. The molecule has 0 atom stereocenters. The van der Waals surface area contributed by atoms with Crippen LogP contribution in [-0.2, 0) is 13.7 Å². The smallest absolute Gasteiger partial charge is 0.254 e. The van der Waals surface area contributed by atoms with E-state index >= 15 is 0 Å². The number of aryl methyl sites for hydroxylation is 2. The van der Waals surface area contributed by atoms with E-state index in [0.717, 1.165) is 0 Å². The molecule has 0 spiro atoms. The molecule has 1 amide bonds. The molecule has 110 valence electrons. The van der Waals surface area contributed by atoms with Crippen molar-refractivity contribution < 1.29 is 13.6 Å². The molecular formula is C15H14F2N2O2. The molecule has 0 saturated heterocycles. The molecule has 0 bridgehead atoms. The second kappa shape index (κ2) is 5.47. The summed E-state index contributed by atoms with van der Waals surface area (Å²) in [7, 11) is 1.52. The molecule has 1 aromatic heterocycles. The van der Waals surface area contributed by atoms with E-state index < -0.39 is 23.8 Å². The zero-order valence-corrected chi connectivity index (χ0v) is 11.6. The first-order chi connectivity index (χ1) is 9.86. The first-order valence-electron chi connectivity index (χ1n) is 6.21. The van der Waals surface area contributed by atoms with Gasteiger partial charge in [-0.25, -0.2) is 8.78 Å². The van der Waals surface area contributed by atoms with Crippen molar-refractivity contribution >= 4 is 5.91 Å². The molecule has 0 fully saturated rings. The van der Waals surface area contributed by atoms with Gasteiger partial charge in [-0.1, -0.05) is 6.07 Å². The van der Waals surface area contributed by atoms with E-state index in [1.165, 1.54) is 36.0 Å². The van der Waals surface area contributed by atoms with E-state index in [-0.39, 0.29) is 16.8 Å². The van der Waals surface area contributed by atoms with E-state index in [0.29, 0.717) is 11.1 Å². The molecule has 0 unspecified atom stereocenters. The topological polar surface area (TPSA) is 65.1 Å². The molecule has 21 heavy (non-hydrogen) atoms. The average molecular weight is 292 g/mol. The lowest BCUT2D eigenvalue weighted by Crippen LogP contribution is -2.26. The number of aromatic nitrogens is 1. The van der Waals surface area contributed by atoms with Gasteiger partial charge in [0.15, 0.2) is 0 Å². The van der Waals surface area contributed by atoms with Gasteiger partial charge in [0.25, 0.3) is 5.91 Å². The van der Waals surface area contributed by atoms with Gasteiger partial charge in [0.1, 0.15) is 18.1 Å². The minimum Gasteiger partial charge on any atom is -0.365 e. The molecule has 4 nitrogen and oxygen atoms in total. The Morgan fingerprint density at radius 1 is 1.38 bits per heavy atom. The fraction of sp³-hybridized carbons (Fsp3) is 0.200. The van der Waals surface area contributed by atoms with Crippen molar-refractivity contribution in [3.8, 4) is 11.1 Å². The predicted molar refractivity (Wildman–Crippen MR) is 75.1 cm³/mol. The number of carbonyl (C=O) groups excluding carboxylic acids is 1. The van der Waals surface area contributed by atoms with Gasteiger partial charge in [0, 0.05) is 13.2 Å². The maximum absolute atomic E-state index is 13.3. The Hall–Kier alpha value is -2.50. The van der Waals surface area contributed by atoms with E-state index in [4.69, 9.17) is 5.73 Å². The molecule has 2 aromatic rings. The normalized spacial score (nSPS) is 10.7. The van der Waals surface area contributed by atoms with E-state index in [1.54, 1.807) is 6.92 Å². The summed E-state index contributed by atoms with van der Waals surface area (Å²) in [5, 5.41) is 0. The molecule has 2 rings (SSSR count). The van der Waals surface area contributed by atoms with Crippen molar-refractivity contribution in [1.29, 1.82) is 0 Å². The Kier molecular flexibility index (Phi) is 3.88. The van der Waals surface area contributed by atoms with Gasteiger partial charge in [-0.2, -0.15) is 0 Å². The van der Waals surface area contributed by atoms with Crippen molar-refractivity contribution in [3.05, 3.63) is 57.3 Å². The van der Waals surface area contributed by atoms with Crippen molar-refractivity contribution in [3.63, 3.8) is 0 Å². The minimum atomic E-state index is -0.892. The third kappa shape index (κ3) is 2.56. The largest absolute Gasteiger partial charge is 0.365 e. The van der Waals surface area contributed by atoms with E-state index in [2.05, 4.69) is 0 Å². The van der Waals surface area contributed by atoms with Gasteiger partial charge in [0.05, 0.1) is 11.3 Å². The number of amides is 1. The van der Waals surface area contributed by atoms with E-state index in [9.17, 15) is 18.4 Å². The van der Waals surface area contributed by atoms with Crippen LogP contribution in [0, 0.1) is 12.7 Å². The number of carbonyl (C=O) groups is 1. The lowest BCUT2D eigenvalue weighted by molar-refractivity contribution is 0.0998. The zero-order chi connectivity index (χ0) is 15.7. The van der Waals surface area contributed by atoms with Gasteiger partial charge >= 0.3 is 0 Å². The fourth-order valence-corrected chi connectivity index (χ4v) is 2.29. The Labute approximate surface area is 119 Å². The molecule has 0 aliphatic rings. The predicted octanol–water partition coefficient (Wildman–Crippen LogP) is 2.07. The fourth-order valence-electron chi connectivity index (χ4n) is 2.29. The second-order valence-electron chi connectivity index (χ2n) is 4.76. The molecular weight excluding hydrogens is 278 g/mol. The average Bonchev–Trinajstić information content (AvgIpc) is 2.41. The van der Waals surface area contributed by atoms with Crippen LogP contribution in [0.4, 0.5) is 8.78 Å². The van der Waals surface area contributed by atoms with Gasteiger partial charge in [-0.15, -0.1) is 0 Å². The van der Waals surface area contributed by atoms with Gasteiger partial charge in [-0.3, -0.25) is 9.59 Å². The number of nitrogens with two attached hydrogens (primary N) is 1.